The zero-order valence-electron chi connectivity index (χ0n) is 12.2. The van der Waals surface area contributed by atoms with Crippen LogP contribution >= 0.6 is 0 Å². The molecule has 1 heterocycles. The number of benzene rings is 1. The summed E-state index contributed by atoms with van der Waals surface area (Å²) in [6.07, 6.45) is 0.969. The van der Waals surface area contributed by atoms with Crippen molar-refractivity contribution in [2.24, 2.45) is 0 Å². The fourth-order valence-electron chi connectivity index (χ4n) is 2.15. The molecule has 0 bridgehead atoms. The molecule has 0 unspecified atom stereocenters. The highest BCUT2D eigenvalue weighted by Crippen LogP contribution is 2.19. The molecular formula is C15H19N3O3. The van der Waals surface area contributed by atoms with Gasteiger partial charge in [-0.3, -0.25) is 10.1 Å². The predicted octanol–water partition coefficient (Wildman–Crippen LogP) is 2.47. The van der Waals surface area contributed by atoms with E-state index in [4.69, 9.17) is 4.42 Å². The third-order valence-electron chi connectivity index (χ3n) is 3.68. The van der Waals surface area contributed by atoms with Crippen molar-refractivity contribution in [3.05, 3.63) is 36.2 Å². The summed E-state index contributed by atoms with van der Waals surface area (Å²) in [6.45, 7) is 3.91. The van der Waals surface area contributed by atoms with Crippen LogP contribution in [-0.4, -0.2) is 26.8 Å². The standard InChI is InChI=1S/C15H19N3O3/c1-3-15(4-2,14(19)20)16-10-12-17-18-13(21-12)11-8-6-5-7-9-11/h5-9,16H,3-4,10H2,1-2H3,(H,19,20). The second-order valence-corrected chi connectivity index (χ2v) is 4.81. The van der Waals surface area contributed by atoms with Crippen molar-refractivity contribution in [1.29, 1.82) is 0 Å². The average Bonchev–Trinajstić information content (AvgIpc) is 2.98. The fourth-order valence-corrected chi connectivity index (χ4v) is 2.15. The van der Waals surface area contributed by atoms with E-state index < -0.39 is 11.5 Å². The maximum Gasteiger partial charge on any atom is 0.323 e. The summed E-state index contributed by atoms with van der Waals surface area (Å²) in [5.74, 6) is -0.0574. The van der Waals surface area contributed by atoms with Crippen molar-refractivity contribution < 1.29 is 14.3 Å². The predicted molar refractivity (Wildman–Crippen MR) is 77.5 cm³/mol. The van der Waals surface area contributed by atoms with Gasteiger partial charge in [-0.15, -0.1) is 10.2 Å². The zero-order chi connectivity index (χ0) is 15.3. The minimum atomic E-state index is -0.957. The lowest BCUT2D eigenvalue weighted by molar-refractivity contribution is -0.145. The highest BCUT2D eigenvalue weighted by molar-refractivity contribution is 5.78. The monoisotopic (exact) mass is 289 g/mol. The average molecular weight is 289 g/mol. The van der Waals surface area contributed by atoms with Gasteiger partial charge in [-0.25, -0.2) is 0 Å². The van der Waals surface area contributed by atoms with E-state index in [2.05, 4.69) is 15.5 Å². The van der Waals surface area contributed by atoms with Crippen molar-refractivity contribution in [3.8, 4) is 11.5 Å². The largest absolute Gasteiger partial charge is 0.480 e. The molecule has 0 saturated carbocycles. The number of carboxylic acid groups (broad SMARTS) is 1. The van der Waals surface area contributed by atoms with Crippen LogP contribution in [0.5, 0.6) is 0 Å². The van der Waals surface area contributed by atoms with Gasteiger partial charge in [-0.2, -0.15) is 0 Å². The molecule has 2 aromatic rings. The number of carbonyl (C=O) groups is 1. The molecule has 0 aliphatic heterocycles. The molecule has 0 atom stereocenters. The van der Waals surface area contributed by atoms with Crippen LogP contribution in [-0.2, 0) is 11.3 Å². The first-order valence-corrected chi connectivity index (χ1v) is 6.97. The fraction of sp³-hybridized carbons (Fsp3) is 0.400. The van der Waals surface area contributed by atoms with Crippen molar-refractivity contribution in [2.75, 3.05) is 0 Å². The molecule has 2 rings (SSSR count). The Morgan fingerprint density at radius 3 is 2.48 bits per heavy atom. The summed E-state index contributed by atoms with van der Waals surface area (Å²) in [7, 11) is 0. The van der Waals surface area contributed by atoms with Crippen LogP contribution in [0.2, 0.25) is 0 Å². The Hall–Kier alpha value is -2.21. The molecular weight excluding hydrogens is 270 g/mol. The molecule has 0 saturated heterocycles. The Morgan fingerprint density at radius 1 is 1.24 bits per heavy atom. The van der Waals surface area contributed by atoms with Crippen LogP contribution in [0.15, 0.2) is 34.7 Å². The van der Waals surface area contributed by atoms with Crippen LogP contribution in [0.1, 0.15) is 32.6 Å². The summed E-state index contributed by atoms with van der Waals surface area (Å²) in [6, 6.07) is 9.45. The number of nitrogens with one attached hydrogen (secondary N) is 1. The van der Waals surface area contributed by atoms with Crippen LogP contribution < -0.4 is 5.32 Å². The first-order valence-electron chi connectivity index (χ1n) is 6.97. The van der Waals surface area contributed by atoms with Crippen molar-refractivity contribution in [1.82, 2.24) is 15.5 Å². The maximum absolute atomic E-state index is 11.4. The number of aromatic nitrogens is 2. The summed E-state index contributed by atoms with van der Waals surface area (Å²) in [5.41, 5.74) is -0.117. The number of hydrogen-bond donors (Lipinski definition) is 2. The second-order valence-electron chi connectivity index (χ2n) is 4.81. The van der Waals surface area contributed by atoms with Crippen LogP contribution in [0.4, 0.5) is 0 Å². The van der Waals surface area contributed by atoms with Gasteiger partial charge in [0, 0.05) is 5.56 Å². The van der Waals surface area contributed by atoms with Crippen molar-refractivity contribution >= 4 is 5.97 Å². The lowest BCUT2D eigenvalue weighted by Gasteiger charge is -2.27. The molecule has 0 spiro atoms. The van der Waals surface area contributed by atoms with Crippen LogP contribution in [0, 0.1) is 0 Å². The van der Waals surface area contributed by atoms with Gasteiger partial charge in [0.25, 0.3) is 0 Å². The summed E-state index contributed by atoms with van der Waals surface area (Å²) in [5, 5.41) is 20.3. The van der Waals surface area contributed by atoms with E-state index in [9.17, 15) is 9.90 Å². The SMILES string of the molecule is CCC(CC)(NCc1nnc(-c2ccccc2)o1)C(=O)O. The molecule has 1 aromatic heterocycles. The molecule has 0 aliphatic carbocycles. The molecule has 0 fully saturated rings. The van der Waals surface area contributed by atoms with Gasteiger partial charge in [-0.1, -0.05) is 32.0 Å². The van der Waals surface area contributed by atoms with Gasteiger partial charge in [0.2, 0.25) is 11.8 Å². The summed E-state index contributed by atoms with van der Waals surface area (Å²) >= 11 is 0. The minimum Gasteiger partial charge on any atom is -0.480 e. The second kappa shape index (κ2) is 6.49. The lowest BCUT2D eigenvalue weighted by atomic mass is 9.93. The van der Waals surface area contributed by atoms with Gasteiger partial charge in [0.1, 0.15) is 5.54 Å². The number of rotatable bonds is 7. The Kier molecular flexibility index (Phi) is 4.70. The Labute approximate surface area is 123 Å². The molecule has 6 nitrogen and oxygen atoms in total. The smallest absolute Gasteiger partial charge is 0.323 e. The number of carboxylic acids is 1. The quantitative estimate of drug-likeness (QED) is 0.814. The first kappa shape index (κ1) is 15.2. The van der Waals surface area contributed by atoms with Crippen molar-refractivity contribution in [2.45, 2.75) is 38.8 Å². The van der Waals surface area contributed by atoms with E-state index in [1.54, 1.807) is 0 Å². The lowest BCUT2D eigenvalue weighted by Crippen LogP contribution is -2.50. The van der Waals surface area contributed by atoms with Gasteiger partial charge in [-0.05, 0) is 25.0 Å². The minimum absolute atomic E-state index is 0.230. The molecule has 112 valence electrons. The summed E-state index contributed by atoms with van der Waals surface area (Å²) in [4.78, 5) is 11.4. The number of hydrogen-bond acceptors (Lipinski definition) is 5. The summed E-state index contributed by atoms with van der Waals surface area (Å²) < 4.78 is 5.56. The normalized spacial score (nSPS) is 11.5. The number of aliphatic carboxylic acids is 1. The van der Waals surface area contributed by atoms with Crippen LogP contribution in [0.3, 0.4) is 0 Å². The number of nitrogens with zero attached hydrogens (tertiary/aromatic N) is 2. The van der Waals surface area contributed by atoms with Crippen LogP contribution in [0.25, 0.3) is 11.5 Å². The van der Waals surface area contributed by atoms with E-state index in [0.29, 0.717) is 24.6 Å². The van der Waals surface area contributed by atoms with Crippen molar-refractivity contribution in [3.63, 3.8) is 0 Å². The van der Waals surface area contributed by atoms with Gasteiger partial charge >= 0.3 is 5.97 Å². The molecule has 21 heavy (non-hydrogen) atoms. The van der Waals surface area contributed by atoms with E-state index in [1.165, 1.54) is 0 Å². The topological polar surface area (TPSA) is 88.3 Å². The van der Waals surface area contributed by atoms with E-state index in [1.807, 2.05) is 44.2 Å². The Balaban J connectivity index is 2.08. The third kappa shape index (κ3) is 3.28. The van der Waals surface area contributed by atoms with Gasteiger partial charge in [0.05, 0.1) is 6.54 Å². The van der Waals surface area contributed by atoms with Gasteiger partial charge < -0.3 is 9.52 Å². The molecule has 0 amide bonds. The molecule has 2 N–H and O–H groups in total. The molecule has 6 heteroatoms. The first-order chi connectivity index (χ1) is 10.1. The highest BCUT2D eigenvalue weighted by atomic mass is 16.4. The van der Waals surface area contributed by atoms with E-state index in [-0.39, 0.29) is 6.54 Å². The zero-order valence-corrected chi connectivity index (χ0v) is 12.2. The molecule has 1 aromatic carbocycles. The molecule has 0 radical (unpaired) electrons. The highest BCUT2D eigenvalue weighted by Gasteiger charge is 2.34. The molecule has 0 aliphatic rings. The van der Waals surface area contributed by atoms with E-state index >= 15 is 0 Å². The maximum atomic E-state index is 11.4. The third-order valence-corrected chi connectivity index (χ3v) is 3.68. The Morgan fingerprint density at radius 2 is 1.90 bits per heavy atom. The Bertz CT molecular complexity index is 591. The van der Waals surface area contributed by atoms with Gasteiger partial charge in [0.15, 0.2) is 0 Å². The van der Waals surface area contributed by atoms with E-state index in [0.717, 1.165) is 5.56 Å².